The first-order valence-corrected chi connectivity index (χ1v) is 6.27. The van der Waals surface area contributed by atoms with E-state index in [0.29, 0.717) is 6.07 Å². The van der Waals surface area contributed by atoms with Crippen LogP contribution in [0.5, 0.6) is 5.75 Å². The number of phenols is 1. The number of aromatic hydroxyl groups is 1. The molecular weight excluding hydrogens is 281 g/mol. The number of hydrogen-bond acceptors (Lipinski definition) is 2. The Morgan fingerprint density at radius 3 is 2.33 bits per heavy atom. The summed E-state index contributed by atoms with van der Waals surface area (Å²) < 4.78 is 38.1. The molecule has 0 aromatic heterocycles. The van der Waals surface area contributed by atoms with Gasteiger partial charge in [-0.2, -0.15) is 13.2 Å². The van der Waals surface area contributed by atoms with Crippen LogP contribution >= 0.6 is 0 Å². The van der Waals surface area contributed by atoms with Gasteiger partial charge in [0.1, 0.15) is 5.75 Å². The summed E-state index contributed by atoms with van der Waals surface area (Å²) in [6.45, 7) is 1.27. The van der Waals surface area contributed by atoms with Crippen molar-refractivity contribution < 1.29 is 23.1 Å². The number of rotatable bonds is 3. The molecule has 0 atom stereocenters. The lowest BCUT2D eigenvalue weighted by Crippen LogP contribution is -2.10. The Kier molecular flexibility index (Phi) is 4.02. The Morgan fingerprint density at radius 1 is 1.14 bits per heavy atom. The quantitative estimate of drug-likeness (QED) is 0.864. The zero-order valence-electron chi connectivity index (χ0n) is 11.2. The van der Waals surface area contributed by atoms with Crippen molar-refractivity contribution in [2.75, 3.05) is 0 Å². The summed E-state index contributed by atoms with van der Waals surface area (Å²) in [5.41, 5.74) is -0.378. The van der Waals surface area contributed by atoms with Crippen LogP contribution in [0.25, 0.3) is 0 Å². The Balaban J connectivity index is 2.33. The van der Waals surface area contributed by atoms with Crippen molar-refractivity contribution in [2.45, 2.75) is 19.5 Å². The summed E-state index contributed by atoms with van der Waals surface area (Å²) in [4.78, 5) is 12.1. The lowest BCUT2D eigenvalue weighted by atomic mass is 9.97. The molecule has 0 fully saturated rings. The van der Waals surface area contributed by atoms with Crippen LogP contribution in [0.4, 0.5) is 13.2 Å². The second-order valence-corrected chi connectivity index (χ2v) is 4.77. The van der Waals surface area contributed by atoms with Gasteiger partial charge in [-0.15, -0.1) is 0 Å². The zero-order valence-corrected chi connectivity index (χ0v) is 11.2. The van der Waals surface area contributed by atoms with Crippen molar-refractivity contribution in [2.24, 2.45) is 0 Å². The molecule has 0 spiro atoms. The van der Waals surface area contributed by atoms with Crippen LogP contribution in [0.3, 0.4) is 0 Å². The second-order valence-electron chi connectivity index (χ2n) is 4.77. The van der Waals surface area contributed by atoms with Gasteiger partial charge in [-0.1, -0.05) is 30.3 Å². The van der Waals surface area contributed by atoms with E-state index in [4.69, 9.17) is 0 Å². The number of phenolic OH excluding ortho intramolecular Hbond substituents is 1. The van der Waals surface area contributed by atoms with Gasteiger partial charge in [0.2, 0.25) is 0 Å². The van der Waals surface area contributed by atoms with E-state index < -0.39 is 23.3 Å². The minimum absolute atomic E-state index is 0.0270. The number of Topliss-reactive ketones (excluding diaryl/α,β-unsaturated/α-hetero) is 1. The van der Waals surface area contributed by atoms with Crippen molar-refractivity contribution in [1.29, 1.82) is 0 Å². The standard InChI is InChI=1S/C16H13F3O2/c1-10-7-12(15(21)9-13(10)16(17,18)19)14(20)8-11-5-3-2-4-6-11/h2-7,9,21H,8H2,1H3. The molecule has 0 unspecified atom stereocenters. The fraction of sp³-hybridized carbons (Fsp3) is 0.188. The fourth-order valence-corrected chi connectivity index (χ4v) is 2.10. The first-order valence-electron chi connectivity index (χ1n) is 6.27. The molecule has 2 nitrogen and oxygen atoms in total. The first-order chi connectivity index (χ1) is 9.79. The third-order valence-corrected chi connectivity index (χ3v) is 3.16. The van der Waals surface area contributed by atoms with Crippen molar-refractivity contribution in [1.82, 2.24) is 0 Å². The smallest absolute Gasteiger partial charge is 0.416 e. The van der Waals surface area contributed by atoms with Gasteiger partial charge in [0.25, 0.3) is 0 Å². The van der Waals surface area contributed by atoms with Crippen LogP contribution in [0, 0.1) is 6.92 Å². The van der Waals surface area contributed by atoms with Crippen LogP contribution in [0.2, 0.25) is 0 Å². The minimum atomic E-state index is -4.55. The van der Waals surface area contributed by atoms with Gasteiger partial charge >= 0.3 is 6.18 Å². The Bertz CT molecular complexity index is 661. The third-order valence-electron chi connectivity index (χ3n) is 3.16. The van der Waals surface area contributed by atoms with E-state index in [1.165, 1.54) is 6.92 Å². The molecule has 0 bridgehead atoms. The monoisotopic (exact) mass is 294 g/mol. The molecule has 1 N–H and O–H groups in total. The molecule has 110 valence electrons. The van der Waals surface area contributed by atoms with Crippen molar-refractivity contribution in [3.63, 3.8) is 0 Å². The van der Waals surface area contributed by atoms with Crippen LogP contribution in [0.1, 0.15) is 27.0 Å². The zero-order chi connectivity index (χ0) is 15.6. The topological polar surface area (TPSA) is 37.3 Å². The fourth-order valence-electron chi connectivity index (χ4n) is 2.10. The van der Waals surface area contributed by atoms with Crippen LogP contribution < -0.4 is 0 Å². The van der Waals surface area contributed by atoms with Gasteiger partial charge < -0.3 is 5.11 Å². The third kappa shape index (κ3) is 3.42. The Hall–Kier alpha value is -2.30. The minimum Gasteiger partial charge on any atom is -0.507 e. The lowest BCUT2D eigenvalue weighted by molar-refractivity contribution is -0.138. The lowest BCUT2D eigenvalue weighted by Gasteiger charge is -2.13. The highest BCUT2D eigenvalue weighted by atomic mass is 19.4. The van der Waals surface area contributed by atoms with E-state index in [2.05, 4.69) is 0 Å². The predicted octanol–water partition coefficient (Wildman–Crippen LogP) is 4.14. The summed E-state index contributed by atoms with van der Waals surface area (Å²) in [7, 11) is 0. The summed E-state index contributed by atoms with van der Waals surface area (Å²) in [5, 5.41) is 9.71. The summed E-state index contributed by atoms with van der Waals surface area (Å²) in [6, 6.07) is 10.5. The van der Waals surface area contributed by atoms with Gasteiger partial charge in [-0.25, -0.2) is 0 Å². The largest absolute Gasteiger partial charge is 0.507 e. The number of aryl methyl sites for hydroxylation is 1. The summed E-state index contributed by atoms with van der Waals surface area (Å²) in [5.74, 6) is -1.07. The molecule has 5 heteroatoms. The molecular formula is C16H13F3O2. The number of halogens is 3. The highest BCUT2D eigenvalue weighted by Crippen LogP contribution is 2.35. The number of benzene rings is 2. The Morgan fingerprint density at radius 2 is 1.76 bits per heavy atom. The van der Waals surface area contributed by atoms with Gasteiger partial charge in [-0.3, -0.25) is 4.79 Å². The Labute approximate surface area is 119 Å². The van der Waals surface area contributed by atoms with Gasteiger partial charge in [0, 0.05) is 6.42 Å². The number of hydrogen-bond donors (Lipinski definition) is 1. The van der Waals surface area contributed by atoms with Crippen LogP contribution in [-0.4, -0.2) is 10.9 Å². The normalized spacial score (nSPS) is 11.4. The molecule has 0 saturated carbocycles. The van der Waals surface area contributed by atoms with Crippen molar-refractivity contribution in [3.05, 3.63) is 64.7 Å². The molecule has 21 heavy (non-hydrogen) atoms. The average molecular weight is 294 g/mol. The molecule has 2 aromatic rings. The second kappa shape index (κ2) is 5.60. The number of ketones is 1. The number of alkyl halides is 3. The van der Waals surface area contributed by atoms with E-state index in [9.17, 15) is 23.1 Å². The number of carbonyl (C=O) groups is 1. The van der Waals surface area contributed by atoms with E-state index in [0.717, 1.165) is 11.6 Å². The maximum atomic E-state index is 12.7. The summed E-state index contributed by atoms with van der Waals surface area (Å²) >= 11 is 0. The van der Waals surface area contributed by atoms with E-state index in [-0.39, 0.29) is 17.5 Å². The molecule has 0 saturated heterocycles. The van der Waals surface area contributed by atoms with E-state index in [1.807, 2.05) is 0 Å². The van der Waals surface area contributed by atoms with Crippen molar-refractivity contribution in [3.8, 4) is 5.75 Å². The van der Waals surface area contributed by atoms with Crippen molar-refractivity contribution >= 4 is 5.78 Å². The molecule has 0 aliphatic heterocycles. The van der Waals surface area contributed by atoms with E-state index >= 15 is 0 Å². The molecule has 0 aliphatic carbocycles. The average Bonchev–Trinajstić information content (AvgIpc) is 2.40. The summed E-state index contributed by atoms with van der Waals surface area (Å²) in [6.07, 6.45) is -4.53. The molecule has 2 rings (SSSR count). The maximum Gasteiger partial charge on any atom is 0.416 e. The van der Waals surface area contributed by atoms with Crippen LogP contribution in [0.15, 0.2) is 42.5 Å². The molecule has 0 amide bonds. The van der Waals surface area contributed by atoms with E-state index in [1.54, 1.807) is 30.3 Å². The van der Waals surface area contributed by atoms with Gasteiger partial charge in [0.05, 0.1) is 11.1 Å². The van der Waals surface area contributed by atoms with Crippen LogP contribution in [-0.2, 0) is 12.6 Å². The highest BCUT2D eigenvalue weighted by Gasteiger charge is 2.33. The first kappa shape index (κ1) is 15.1. The molecule has 0 radical (unpaired) electrons. The molecule has 0 aliphatic rings. The maximum absolute atomic E-state index is 12.7. The SMILES string of the molecule is Cc1cc(C(=O)Cc2ccccc2)c(O)cc1C(F)(F)F. The molecule has 0 heterocycles. The van der Waals surface area contributed by atoms with Gasteiger partial charge in [-0.05, 0) is 30.2 Å². The predicted molar refractivity (Wildman–Crippen MR) is 72.3 cm³/mol. The number of carbonyl (C=O) groups excluding carboxylic acids is 1. The highest BCUT2D eigenvalue weighted by molar-refractivity contribution is 6.00. The molecule has 2 aromatic carbocycles. The van der Waals surface area contributed by atoms with Gasteiger partial charge in [0.15, 0.2) is 5.78 Å².